The van der Waals surface area contributed by atoms with Gasteiger partial charge in [0.25, 0.3) is 0 Å². The van der Waals surface area contributed by atoms with Gasteiger partial charge in [0.05, 0.1) is 6.10 Å². The van der Waals surface area contributed by atoms with Gasteiger partial charge in [-0.15, -0.1) is 0 Å². The molecule has 0 radical (unpaired) electrons. The second-order valence-corrected chi connectivity index (χ2v) is 13.6. The molecule has 0 amide bonds. The second kappa shape index (κ2) is 7.75. The zero-order valence-corrected chi connectivity index (χ0v) is 21.9. The first kappa shape index (κ1) is 23.6. The monoisotopic (exact) mass is 426 g/mol. The summed E-state index contributed by atoms with van der Waals surface area (Å²) >= 11 is 0. The highest BCUT2D eigenvalue weighted by molar-refractivity contribution is 5.38. The Morgan fingerprint density at radius 2 is 1.68 bits per heavy atom. The number of fused-ring (bicyclic) bond motifs is 4. The molecule has 0 saturated heterocycles. The normalized spacial score (nSPS) is 44.9. The summed E-state index contributed by atoms with van der Waals surface area (Å²) in [5.74, 6) is 2.32. The van der Waals surface area contributed by atoms with Gasteiger partial charge in [-0.1, -0.05) is 64.3 Å². The Kier molecular flexibility index (Phi) is 5.90. The lowest BCUT2D eigenvalue weighted by atomic mass is 9.43. The smallest absolute Gasteiger partial charge is 0.0594 e. The van der Waals surface area contributed by atoms with Crippen molar-refractivity contribution in [1.29, 1.82) is 0 Å². The molecule has 2 fully saturated rings. The summed E-state index contributed by atoms with van der Waals surface area (Å²) in [6.07, 6.45) is 15.2. The van der Waals surface area contributed by atoms with Crippen LogP contribution in [0.25, 0.3) is 0 Å². The van der Waals surface area contributed by atoms with Crippen molar-refractivity contribution in [2.45, 2.75) is 126 Å². The zero-order valence-electron chi connectivity index (χ0n) is 21.9. The number of hydrogen-bond donors (Lipinski definition) is 1. The Bertz CT molecular complexity index is 767. The highest BCUT2D eigenvalue weighted by Gasteiger charge is 2.63. The molecule has 0 spiro atoms. The number of hydrogen-bond acceptors (Lipinski definition) is 1. The van der Waals surface area contributed by atoms with Gasteiger partial charge < -0.3 is 5.11 Å². The van der Waals surface area contributed by atoms with Crippen molar-refractivity contribution in [3.05, 3.63) is 22.8 Å². The van der Waals surface area contributed by atoms with E-state index in [2.05, 4.69) is 61.5 Å². The summed E-state index contributed by atoms with van der Waals surface area (Å²) in [4.78, 5) is 0. The maximum absolute atomic E-state index is 10.8. The van der Waals surface area contributed by atoms with Gasteiger partial charge in [-0.3, -0.25) is 0 Å². The average Bonchev–Trinajstić information content (AvgIpc) is 2.96. The first-order valence-electron chi connectivity index (χ1n) is 13.4. The lowest BCUT2D eigenvalue weighted by molar-refractivity contribution is -0.0962. The van der Waals surface area contributed by atoms with Crippen LogP contribution in [-0.2, 0) is 0 Å². The average molecular weight is 427 g/mol. The summed E-state index contributed by atoms with van der Waals surface area (Å²) in [5.41, 5.74) is 6.41. The Morgan fingerprint density at radius 1 is 0.968 bits per heavy atom. The van der Waals surface area contributed by atoms with Crippen molar-refractivity contribution in [3.63, 3.8) is 0 Å². The summed E-state index contributed by atoms with van der Waals surface area (Å²) in [5, 5.41) is 10.8. The second-order valence-electron chi connectivity index (χ2n) is 13.6. The van der Waals surface area contributed by atoms with Gasteiger partial charge in [-0.2, -0.15) is 0 Å². The number of aliphatic hydroxyl groups excluding tert-OH is 1. The molecule has 4 aliphatic rings. The molecule has 31 heavy (non-hydrogen) atoms. The van der Waals surface area contributed by atoms with E-state index in [0.29, 0.717) is 22.2 Å². The quantitative estimate of drug-likeness (QED) is 0.447. The van der Waals surface area contributed by atoms with Crippen LogP contribution in [0, 0.1) is 39.4 Å². The van der Waals surface area contributed by atoms with Crippen LogP contribution in [0.2, 0.25) is 0 Å². The van der Waals surface area contributed by atoms with Crippen molar-refractivity contribution in [2.75, 3.05) is 0 Å². The van der Waals surface area contributed by atoms with E-state index in [4.69, 9.17) is 0 Å². The van der Waals surface area contributed by atoms with E-state index in [0.717, 1.165) is 18.3 Å². The highest BCUT2D eigenvalue weighted by Crippen LogP contribution is 2.72. The standard InChI is InChI=1S/C30H50O/c1-20(2)10-9-11-21(3)22-14-18-30(8)24-12-13-25-27(4,5)26(31)16-17-28(25,6)23(24)15-19-29(22,30)7/h10,21-22,25-26,31H,9,11-19H2,1-8H3/t21-,22-,25?,26-,28?,29-,30+/m0/s1. The molecule has 2 unspecified atom stereocenters. The highest BCUT2D eigenvalue weighted by atomic mass is 16.3. The first-order chi connectivity index (χ1) is 14.4. The predicted octanol–water partition coefficient (Wildman–Crippen LogP) is 8.48. The Labute approximate surface area is 193 Å². The van der Waals surface area contributed by atoms with Crippen molar-refractivity contribution < 1.29 is 5.11 Å². The molecule has 4 aliphatic carbocycles. The van der Waals surface area contributed by atoms with E-state index in [1.807, 2.05) is 11.1 Å². The van der Waals surface area contributed by atoms with Crippen LogP contribution >= 0.6 is 0 Å². The van der Waals surface area contributed by atoms with Gasteiger partial charge in [-0.25, -0.2) is 0 Å². The Hall–Kier alpha value is -0.560. The summed E-state index contributed by atoms with van der Waals surface area (Å²) < 4.78 is 0. The van der Waals surface area contributed by atoms with Crippen LogP contribution in [0.5, 0.6) is 0 Å². The van der Waals surface area contributed by atoms with E-state index in [9.17, 15) is 5.11 Å². The lowest BCUT2D eigenvalue weighted by Crippen LogP contribution is -2.55. The molecule has 0 heterocycles. The predicted molar refractivity (Wildman–Crippen MR) is 133 cm³/mol. The Morgan fingerprint density at radius 3 is 2.35 bits per heavy atom. The largest absolute Gasteiger partial charge is 0.393 e. The summed E-state index contributed by atoms with van der Waals surface area (Å²) in [6.45, 7) is 19.6. The number of rotatable bonds is 4. The molecule has 0 aliphatic heterocycles. The summed E-state index contributed by atoms with van der Waals surface area (Å²) in [7, 11) is 0. The van der Waals surface area contributed by atoms with Gasteiger partial charge in [0.2, 0.25) is 0 Å². The molecular formula is C30H50O. The van der Waals surface area contributed by atoms with Crippen LogP contribution < -0.4 is 0 Å². The van der Waals surface area contributed by atoms with Crippen LogP contribution in [0.1, 0.15) is 120 Å². The fourth-order valence-corrected chi connectivity index (χ4v) is 9.47. The van der Waals surface area contributed by atoms with Crippen molar-refractivity contribution in [1.82, 2.24) is 0 Å². The van der Waals surface area contributed by atoms with Crippen molar-refractivity contribution in [3.8, 4) is 0 Å². The van der Waals surface area contributed by atoms with Gasteiger partial charge >= 0.3 is 0 Å². The molecule has 7 atom stereocenters. The van der Waals surface area contributed by atoms with Crippen LogP contribution in [0.15, 0.2) is 22.8 Å². The molecular weight excluding hydrogens is 376 g/mol. The fourth-order valence-electron chi connectivity index (χ4n) is 9.47. The number of allylic oxidation sites excluding steroid dienone is 4. The third-order valence-corrected chi connectivity index (χ3v) is 11.7. The van der Waals surface area contributed by atoms with E-state index < -0.39 is 0 Å². The van der Waals surface area contributed by atoms with Crippen molar-refractivity contribution >= 4 is 0 Å². The zero-order chi connectivity index (χ0) is 22.8. The van der Waals surface area contributed by atoms with Crippen LogP contribution in [-0.4, -0.2) is 11.2 Å². The summed E-state index contributed by atoms with van der Waals surface area (Å²) in [6, 6.07) is 0. The molecule has 0 aromatic carbocycles. The van der Waals surface area contributed by atoms with E-state index >= 15 is 0 Å². The number of aliphatic hydroxyl groups is 1. The molecule has 1 N–H and O–H groups in total. The van der Waals surface area contributed by atoms with Crippen LogP contribution in [0.4, 0.5) is 0 Å². The molecule has 0 bridgehead atoms. The fraction of sp³-hybridized carbons (Fsp3) is 0.867. The molecule has 1 heteroatoms. The minimum Gasteiger partial charge on any atom is -0.393 e. The molecule has 0 aromatic heterocycles. The van der Waals surface area contributed by atoms with E-state index in [-0.39, 0.29) is 11.5 Å². The molecule has 176 valence electrons. The van der Waals surface area contributed by atoms with Gasteiger partial charge in [0.15, 0.2) is 0 Å². The molecule has 0 aromatic rings. The van der Waals surface area contributed by atoms with Crippen molar-refractivity contribution in [2.24, 2.45) is 39.4 Å². The minimum absolute atomic E-state index is 0.0465. The molecule has 4 rings (SSSR count). The third kappa shape index (κ3) is 3.34. The third-order valence-electron chi connectivity index (χ3n) is 11.7. The van der Waals surface area contributed by atoms with Crippen LogP contribution in [0.3, 0.4) is 0 Å². The first-order valence-corrected chi connectivity index (χ1v) is 13.4. The topological polar surface area (TPSA) is 20.2 Å². The minimum atomic E-state index is -0.130. The maximum Gasteiger partial charge on any atom is 0.0594 e. The van der Waals surface area contributed by atoms with Gasteiger partial charge in [-0.05, 0) is 117 Å². The van der Waals surface area contributed by atoms with E-state index in [1.54, 1.807) is 0 Å². The maximum atomic E-state index is 10.8. The molecule has 1 nitrogen and oxygen atoms in total. The molecule has 2 saturated carbocycles. The Balaban J connectivity index is 1.65. The lowest BCUT2D eigenvalue weighted by Gasteiger charge is -2.62. The van der Waals surface area contributed by atoms with Gasteiger partial charge in [0, 0.05) is 0 Å². The van der Waals surface area contributed by atoms with E-state index in [1.165, 1.54) is 63.4 Å². The SMILES string of the molecule is CC(C)=CCC[C@H](C)[C@@H]1CC[C@]2(C)C3=C(CC[C@@]12C)C1(C)CC[C@H](O)C(C)(C)C1CC3. The van der Waals surface area contributed by atoms with Gasteiger partial charge in [0.1, 0.15) is 0 Å².